The van der Waals surface area contributed by atoms with Crippen LogP contribution in [0.15, 0.2) is 52.7 Å². The zero-order valence-corrected chi connectivity index (χ0v) is 17.0. The van der Waals surface area contributed by atoms with Gasteiger partial charge in [0.15, 0.2) is 0 Å². The molecule has 1 heterocycles. The van der Waals surface area contributed by atoms with Gasteiger partial charge >= 0.3 is 5.79 Å². The molecule has 0 bridgehead atoms. The monoisotopic (exact) mass is 369 g/mol. The quantitative estimate of drug-likeness (QED) is 0.763. The molecule has 0 aromatic heterocycles. The largest absolute Gasteiger partial charge is 0.497 e. The van der Waals surface area contributed by atoms with Gasteiger partial charge in [0, 0.05) is 17.2 Å². The van der Waals surface area contributed by atoms with E-state index in [0.717, 1.165) is 16.9 Å². The van der Waals surface area contributed by atoms with E-state index >= 15 is 0 Å². The third-order valence-electron chi connectivity index (χ3n) is 4.73. The van der Waals surface area contributed by atoms with E-state index in [0.29, 0.717) is 5.57 Å². The van der Waals surface area contributed by atoms with Gasteiger partial charge in [-0.05, 0) is 45.8 Å². The fourth-order valence-corrected chi connectivity index (χ4v) is 2.99. The Morgan fingerprint density at radius 1 is 1.00 bits per heavy atom. The molecule has 2 aliphatic rings. The van der Waals surface area contributed by atoms with E-state index in [9.17, 15) is 4.79 Å². The minimum Gasteiger partial charge on any atom is -0.497 e. The second-order valence-electron chi connectivity index (χ2n) is 8.97. The number of Topliss-reactive ketones (excluding diaryl/α,β-unsaturated/α-hetero) is 1. The summed E-state index contributed by atoms with van der Waals surface area (Å²) in [5, 5.41) is 4.08. The molecule has 0 saturated heterocycles. The van der Waals surface area contributed by atoms with Crippen LogP contribution in [0.2, 0.25) is 0 Å². The average molecular weight is 369 g/mol. The fourth-order valence-electron chi connectivity index (χ4n) is 2.99. The minimum absolute atomic E-state index is 0.167. The summed E-state index contributed by atoms with van der Waals surface area (Å²) < 4.78 is 11.2. The molecule has 0 saturated carbocycles. The van der Waals surface area contributed by atoms with E-state index in [2.05, 4.69) is 25.9 Å². The number of hydrogen-bond acceptors (Lipinski definition) is 5. The van der Waals surface area contributed by atoms with Crippen molar-refractivity contribution >= 4 is 11.7 Å². The summed E-state index contributed by atoms with van der Waals surface area (Å²) in [6.45, 7) is 12.3. The maximum atomic E-state index is 13.3. The van der Waals surface area contributed by atoms with Crippen LogP contribution in [-0.4, -0.2) is 24.6 Å². The van der Waals surface area contributed by atoms with Gasteiger partial charge in [-0.2, -0.15) is 0 Å². The lowest BCUT2D eigenvalue weighted by Gasteiger charge is -2.35. The van der Waals surface area contributed by atoms with E-state index in [1.54, 1.807) is 13.2 Å². The van der Waals surface area contributed by atoms with Crippen molar-refractivity contribution in [2.75, 3.05) is 7.11 Å². The summed E-state index contributed by atoms with van der Waals surface area (Å²) in [5.74, 6) is -0.745. The summed E-state index contributed by atoms with van der Waals surface area (Å²) in [4.78, 5) is 18.9. The number of hydrogen-bond donors (Lipinski definition) is 0. The summed E-state index contributed by atoms with van der Waals surface area (Å²) in [6.07, 6.45) is 3.72. The number of carbonyl (C=O) groups excluding carboxylic acids is 1. The lowest BCUT2D eigenvalue weighted by Crippen LogP contribution is -2.45. The molecule has 1 aromatic carbocycles. The van der Waals surface area contributed by atoms with Gasteiger partial charge in [0.05, 0.1) is 7.11 Å². The van der Waals surface area contributed by atoms with Crippen molar-refractivity contribution in [3.63, 3.8) is 0 Å². The van der Waals surface area contributed by atoms with Crippen molar-refractivity contribution in [1.82, 2.24) is 0 Å². The van der Waals surface area contributed by atoms with Crippen molar-refractivity contribution in [3.05, 3.63) is 53.1 Å². The first-order valence-electron chi connectivity index (χ1n) is 9.06. The Morgan fingerprint density at radius 3 is 2.15 bits per heavy atom. The molecule has 0 amide bonds. The molecule has 0 fully saturated rings. The Bertz CT molecular complexity index is 848. The van der Waals surface area contributed by atoms with Crippen LogP contribution in [0, 0.1) is 10.8 Å². The van der Waals surface area contributed by atoms with Crippen LogP contribution in [0.1, 0.15) is 47.1 Å². The molecule has 0 N–H and O–H groups in total. The number of ketones is 1. The molecule has 1 aliphatic carbocycles. The first-order valence-corrected chi connectivity index (χ1v) is 9.06. The molecule has 0 radical (unpaired) electrons. The van der Waals surface area contributed by atoms with Gasteiger partial charge in [-0.25, -0.2) is 0 Å². The van der Waals surface area contributed by atoms with Crippen LogP contribution in [0.25, 0.3) is 0 Å². The number of benzene rings is 1. The number of methoxy groups -OCH3 is 1. The molecule has 3 rings (SSSR count). The molecule has 144 valence electrons. The van der Waals surface area contributed by atoms with Crippen molar-refractivity contribution in [3.8, 4) is 5.75 Å². The van der Waals surface area contributed by atoms with E-state index in [4.69, 9.17) is 14.3 Å². The summed E-state index contributed by atoms with van der Waals surface area (Å²) in [7, 11) is 1.61. The van der Waals surface area contributed by atoms with Gasteiger partial charge < -0.3 is 14.3 Å². The molecule has 1 aromatic rings. The Balaban J connectivity index is 1.99. The van der Waals surface area contributed by atoms with Crippen LogP contribution in [0.5, 0.6) is 5.75 Å². The summed E-state index contributed by atoms with van der Waals surface area (Å²) in [5.41, 5.74) is 1.86. The van der Waals surface area contributed by atoms with E-state index < -0.39 is 5.79 Å². The smallest absolute Gasteiger partial charge is 0.361 e. The highest BCUT2D eigenvalue weighted by Gasteiger charge is 2.53. The fraction of sp³-hybridized carbons (Fsp3) is 0.455. The minimum atomic E-state index is -1.55. The van der Waals surface area contributed by atoms with Gasteiger partial charge in [0.25, 0.3) is 5.90 Å². The number of rotatable bonds is 2. The van der Waals surface area contributed by atoms with Gasteiger partial charge in [-0.3, -0.25) is 4.79 Å². The van der Waals surface area contributed by atoms with E-state index in [-0.39, 0.29) is 22.5 Å². The molecule has 5 nitrogen and oxygen atoms in total. The number of allylic oxidation sites excluding steroid dienone is 2. The SMILES string of the molecule is COc1ccc(C2=NOC3(C=C(C(C)(C)C)C=C(C(C)(C)C)C3=O)O2)cc1. The maximum Gasteiger partial charge on any atom is 0.361 e. The lowest BCUT2D eigenvalue weighted by atomic mass is 9.73. The van der Waals surface area contributed by atoms with Crippen LogP contribution in [0.3, 0.4) is 0 Å². The highest BCUT2D eigenvalue weighted by atomic mass is 16.8. The molecule has 1 spiro atoms. The lowest BCUT2D eigenvalue weighted by molar-refractivity contribution is -0.162. The summed E-state index contributed by atoms with van der Waals surface area (Å²) in [6, 6.07) is 7.27. The third-order valence-corrected chi connectivity index (χ3v) is 4.73. The molecular formula is C22H27NO4. The molecule has 27 heavy (non-hydrogen) atoms. The topological polar surface area (TPSA) is 57.1 Å². The Hall–Kier alpha value is -2.56. The molecule has 1 aliphatic heterocycles. The van der Waals surface area contributed by atoms with E-state index in [1.165, 1.54) is 0 Å². The average Bonchev–Trinajstić information content (AvgIpc) is 3.00. The van der Waals surface area contributed by atoms with E-state index in [1.807, 2.05) is 51.1 Å². The number of oxime groups is 1. The normalized spacial score (nSPS) is 22.6. The van der Waals surface area contributed by atoms with Gasteiger partial charge in [0.2, 0.25) is 5.78 Å². The predicted octanol–water partition coefficient (Wildman–Crippen LogP) is 4.63. The van der Waals surface area contributed by atoms with Gasteiger partial charge in [-0.1, -0.05) is 47.6 Å². The summed E-state index contributed by atoms with van der Waals surface area (Å²) >= 11 is 0. The first-order chi connectivity index (χ1) is 12.5. The van der Waals surface area contributed by atoms with Crippen molar-refractivity contribution in [2.24, 2.45) is 16.0 Å². The molecule has 1 atom stereocenters. The zero-order valence-electron chi connectivity index (χ0n) is 17.0. The van der Waals surface area contributed by atoms with Crippen LogP contribution < -0.4 is 4.74 Å². The highest BCUT2D eigenvalue weighted by molar-refractivity contribution is 6.08. The maximum absolute atomic E-state index is 13.3. The van der Waals surface area contributed by atoms with Crippen molar-refractivity contribution in [1.29, 1.82) is 0 Å². The third kappa shape index (κ3) is 3.51. The van der Waals surface area contributed by atoms with Crippen molar-refractivity contribution in [2.45, 2.75) is 47.3 Å². The second-order valence-corrected chi connectivity index (χ2v) is 8.97. The predicted molar refractivity (Wildman–Crippen MR) is 105 cm³/mol. The zero-order chi connectivity index (χ0) is 20.0. The highest BCUT2D eigenvalue weighted by Crippen LogP contribution is 2.43. The second kappa shape index (κ2) is 6.25. The van der Waals surface area contributed by atoms with Crippen molar-refractivity contribution < 1.29 is 19.1 Å². The number of ether oxygens (including phenoxy) is 2. The van der Waals surface area contributed by atoms with Crippen LogP contribution >= 0.6 is 0 Å². The molecule has 5 heteroatoms. The number of nitrogens with zero attached hydrogens (tertiary/aromatic N) is 1. The van der Waals surface area contributed by atoms with Gasteiger partial charge in [-0.15, -0.1) is 0 Å². The Kier molecular flexibility index (Phi) is 4.45. The van der Waals surface area contributed by atoms with Crippen LogP contribution in [0.4, 0.5) is 0 Å². The molecule has 1 unspecified atom stereocenters. The van der Waals surface area contributed by atoms with Gasteiger partial charge in [0.1, 0.15) is 5.75 Å². The van der Waals surface area contributed by atoms with Crippen LogP contribution in [-0.2, 0) is 14.4 Å². The Morgan fingerprint density at radius 2 is 1.63 bits per heavy atom. The Labute approximate surface area is 160 Å². The first kappa shape index (κ1) is 19.2. The molecular weight excluding hydrogens is 342 g/mol. The standard InChI is InChI=1S/C22H27NO4/c1-20(2,3)15-12-17(21(4,5)6)18(24)22(13-15)26-19(23-27-22)14-8-10-16(25-7)11-9-14/h8-13H,1-7H3. The number of carbonyl (C=O) groups is 1.